The number of thiophene rings is 1. The van der Waals surface area contributed by atoms with Crippen LogP contribution in [0.3, 0.4) is 0 Å². The third-order valence-corrected chi connectivity index (χ3v) is 4.06. The van der Waals surface area contributed by atoms with Gasteiger partial charge in [-0.3, -0.25) is 4.79 Å². The number of carbonyl (C=O) groups excluding carboxylic acids is 1. The second kappa shape index (κ2) is 4.26. The van der Waals surface area contributed by atoms with Crippen molar-refractivity contribution in [2.24, 2.45) is 0 Å². The van der Waals surface area contributed by atoms with Gasteiger partial charge in [-0.15, -0.1) is 11.3 Å². The molecule has 1 aromatic carbocycles. The normalized spacial score (nSPS) is 11.0. The van der Waals surface area contributed by atoms with Crippen molar-refractivity contribution in [2.45, 2.75) is 6.92 Å². The first-order valence-corrected chi connectivity index (χ1v) is 6.69. The van der Waals surface area contributed by atoms with Crippen molar-refractivity contribution in [3.05, 3.63) is 56.9 Å². The summed E-state index contributed by atoms with van der Waals surface area (Å²) < 4.78 is 5.56. The fraction of sp³-hybridized carbons (Fsp3) is 0.0714. The van der Waals surface area contributed by atoms with E-state index in [1.165, 1.54) is 11.3 Å². The lowest BCUT2D eigenvalue weighted by molar-refractivity contribution is 0.101. The Morgan fingerprint density at radius 3 is 2.83 bits per heavy atom. The Morgan fingerprint density at radius 2 is 2.11 bits per heavy atom. The lowest BCUT2D eigenvalue weighted by Gasteiger charge is -1.93. The monoisotopic (exact) mass is 276 g/mol. The van der Waals surface area contributed by atoms with Gasteiger partial charge in [-0.1, -0.05) is 23.2 Å². The van der Waals surface area contributed by atoms with E-state index >= 15 is 0 Å². The van der Waals surface area contributed by atoms with Gasteiger partial charge < -0.3 is 4.42 Å². The summed E-state index contributed by atoms with van der Waals surface area (Å²) in [5, 5.41) is 3.20. The van der Waals surface area contributed by atoms with Gasteiger partial charge >= 0.3 is 0 Å². The zero-order valence-electron chi connectivity index (χ0n) is 9.57. The van der Waals surface area contributed by atoms with Crippen LogP contribution in [-0.2, 0) is 0 Å². The highest BCUT2D eigenvalue weighted by molar-refractivity contribution is 7.13. The molecule has 0 saturated carbocycles. The number of carbonyl (C=O) groups is 1. The Bertz CT molecular complexity index is 739. The van der Waals surface area contributed by atoms with Gasteiger partial charge in [0, 0.05) is 5.39 Å². The van der Waals surface area contributed by atoms with E-state index in [1.807, 2.05) is 25.1 Å². The average molecular weight is 277 g/mol. The van der Waals surface area contributed by atoms with E-state index in [-0.39, 0.29) is 5.78 Å². The number of furan rings is 1. The molecule has 4 heteroatoms. The van der Waals surface area contributed by atoms with Crippen molar-refractivity contribution in [1.82, 2.24) is 0 Å². The van der Waals surface area contributed by atoms with Gasteiger partial charge in [0.2, 0.25) is 5.78 Å². The molecule has 2 nitrogen and oxygen atoms in total. The van der Waals surface area contributed by atoms with Crippen LogP contribution in [0.5, 0.6) is 0 Å². The number of benzene rings is 1. The molecule has 0 bridgehead atoms. The van der Waals surface area contributed by atoms with Crippen LogP contribution >= 0.6 is 22.9 Å². The second-order valence-electron chi connectivity index (χ2n) is 4.08. The van der Waals surface area contributed by atoms with Gasteiger partial charge in [-0.05, 0) is 36.6 Å². The molecule has 2 aromatic heterocycles. The Balaban J connectivity index is 2.10. The van der Waals surface area contributed by atoms with Crippen LogP contribution in [-0.4, -0.2) is 5.78 Å². The maximum atomic E-state index is 12.2. The molecule has 0 saturated heterocycles. The number of ketones is 1. The molecule has 0 N–H and O–H groups in total. The minimum Gasteiger partial charge on any atom is -0.453 e. The van der Waals surface area contributed by atoms with E-state index in [9.17, 15) is 4.79 Å². The lowest BCUT2D eigenvalue weighted by atomic mass is 10.1. The highest BCUT2D eigenvalue weighted by atomic mass is 35.5. The van der Waals surface area contributed by atoms with Crippen LogP contribution in [0.15, 0.2) is 40.1 Å². The van der Waals surface area contributed by atoms with Crippen molar-refractivity contribution in [1.29, 1.82) is 0 Å². The summed E-state index contributed by atoms with van der Waals surface area (Å²) >= 11 is 7.28. The SMILES string of the molecule is Cc1ccc2oc(C(=O)c3sccc3Cl)cc2c1. The van der Waals surface area contributed by atoms with E-state index in [4.69, 9.17) is 16.0 Å². The minimum absolute atomic E-state index is 0.163. The van der Waals surface area contributed by atoms with Gasteiger partial charge in [-0.25, -0.2) is 0 Å². The number of hydrogen-bond acceptors (Lipinski definition) is 3. The first-order chi connectivity index (χ1) is 8.65. The number of aryl methyl sites for hydroxylation is 1. The third-order valence-electron chi connectivity index (χ3n) is 2.72. The topological polar surface area (TPSA) is 30.2 Å². The maximum absolute atomic E-state index is 12.2. The Labute approximate surface area is 113 Å². The molecule has 90 valence electrons. The van der Waals surface area contributed by atoms with Gasteiger partial charge in [-0.2, -0.15) is 0 Å². The molecule has 0 unspecified atom stereocenters. The van der Waals surface area contributed by atoms with Crippen LogP contribution in [0.4, 0.5) is 0 Å². The first-order valence-electron chi connectivity index (χ1n) is 5.43. The smallest absolute Gasteiger partial charge is 0.239 e. The first kappa shape index (κ1) is 11.5. The maximum Gasteiger partial charge on any atom is 0.239 e. The number of hydrogen-bond donors (Lipinski definition) is 0. The summed E-state index contributed by atoms with van der Waals surface area (Å²) in [6, 6.07) is 9.30. The molecule has 0 aliphatic carbocycles. The van der Waals surface area contributed by atoms with Gasteiger partial charge in [0.1, 0.15) is 5.58 Å². The molecule has 0 radical (unpaired) electrons. The molecule has 0 fully saturated rings. The Morgan fingerprint density at radius 1 is 1.28 bits per heavy atom. The summed E-state index contributed by atoms with van der Waals surface area (Å²) in [4.78, 5) is 12.7. The highest BCUT2D eigenvalue weighted by Gasteiger charge is 2.18. The molecule has 2 heterocycles. The largest absolute Gasteiger partial charge is 0.453 e. The van der Waals surface area contributed by atoms with Crippen molar-refractivity contribution in [3.63, 3.8) is 0 Å². The van der Waals surface area contributed by atoms with E-state index in [0.29, 0.717) is 15.7 Å². The predicted octanol–water partition coefficient (Wildman–Crippen LogP) is 4.69. The number of rotatable bonds is 2. The summed E-state index contributed by atoms with van der Waals surface area (Å²) in [6.07, 6.45) is 0. The second-order valence-corrected chi connectivity index (χ2v) is 5.40. The molecule has 18 heavy (non-hydrogen) atoms. The summed E-state index contributed by atoms with van der Waals surface area (Å²) in [5.74, 6) is 0.170. The summed E-state index contributed by atoms with van der Waals surface area (Å²) in [7, 11) is 0. The quantitative estimate of drug-likeness (QED) is 0.636. The van der Waals surface area contributed by atoms with Crippen molar-refractivity contribution < 1.29 is 9.21 Å². The molecule has 3 rings (SSSR count). The van der Waals surface area contributed by atoms with Gasteiger partial charge in [0.15, 0.2) is 5.76 Å². The van der Waals surface area contributed by atoms with E-state index in [0.717, 1.165) is 16.5 Å². The number of halogens is 1. The standard InChI is InChI=1S/C14H9ClO2S/c1-8-2-3-11-9(6-8)7-12(17-11)13(16)14-10(15)4-5-18-14/h2-7H,1H3. The van der Waals surface area contributed by atoms with Gasteiger partial charge in [0.25, 0.3) is 0 Å². The minimum atomic E-state index is -0.163. The van der Waals surface area contributed by atoms with E-state index < -0.39 is 0 Å². The molecule has 0 aliphatic heterocycles. The molecule has 0 aliphatic rings. The van der Waals surface area contributed by atoms with Crippen molar-refractivity contribution in [2.75, 3.05) is 0 Å². The van der Waals surface area contributed by atoms with E-state index in [2.05, 4.69) is 0 Å². The zero-order chi connectivity index (χ0) is 12.7. The molecular weight excluding hydrogens is 268 g/mol. The summed E-state index contributed by atoms with van der Waals surface area (Å²) in [6.45, 7) is 2.00. The molecular formula is C14H9ClO2S. The fourth-order valence-corrected chi connectivity index (χ4v) is 2.93. The Hall–Kier alpha value is -1.58. The van der Waals surface area contributed by atoms with Crippen LogP contribution in [0.25, 0.3) is 11.0 Å². The highest BCUT2D eigenvalue weighted by Crippen LogP contribution is 2.28. The van der Waals surface area contributed by atoms with Crippen LogP contribution in [0.2, 0.25) is 5.02 Å². The molecule has 0 spiro atoms. The predicted molar refractivity (Wildman–Crippen MR) is 73.7 cm³/mol. The van der Waals surface area contributed by atoms with Crippen LogP contribution in [0.1, 0.15) is 21.0 Å². The summed E-state index contributed by atoms with van der Waals surface area (Å²) in [5.41, 5.74) is 1.85. The molecule has 3 aromatic rings. The molecule has 0 atom stereocenters. The number of fused-ring (bicyclic) bond motifs is 1. The Kier molecular flexibility index (Phi) is 2.73. The third kappa shape index (κ3) is 1.85. The van der Waals surface area contributed by atoms with E-state index in [1.54, 1.807) is 17.5 Å². The van der Waals surface area contributed by atoms with Crippen molar-refractivity contribution in [3.8, 4) is 0 Å². The average Bonchev–Trinajstić information content (AvgIpc) is 2.93. The lowest BCUT2D eigenvalue weighted by Crippen LogP contribution is -1.96. The van der Waals surface area contributed by atoms with Crippen LogP contribution in [0, 0.1) is 6.92 Å². The van der Waals surface area contributed by atoms with Crippen LogP contribution < -0.4 is 0 Å². The van der Waals surface area contributed by atoms with Crippen molar-refractivity contribution >= 4 is 39.7 Å². The molecule has 0 amide bonds. The zero-order valence-corrected chi connectivity index (χ0v) is 11.1. The fourth-order valence-electron chi connectivity index (χ4n) is 1.84. The van der Waals surface area contributed by atoms with Gasteiger partial charge in [0.05, 0.1) is 9.90 Å².